The van der Waals surface area contributed by atoms with Crippen LogP contribution in [0, 0.1) is 4.77 Å². The molecule has 3 rings (SSSR count). The minimum Gasteiger partial charge on any atom is -0.507 e. The van der Waals surface area contributed by atoms with Crippen LogP contribution in [0.5, 0.6) is 11.5 Å². The molecule has 0 fully saturated rings. The van der Waals surface area contributed by atoms with Gasteiger partial charge in [-0.2, -0.15) is 5.10 Å². The third-order valence-corrected chi connectivity index (χ3v) is 4.26. The molecule has 1 heterocycles. The summed E-state index contributed by atoms with van der Waals surface area (Å²) in [7, 11) is 0. The molecule has 0 aliphatic carbocycles. The Kier molecular flexibility index (Phi) is 6.25. The van der Waals surface area contributed by atoms with Crippen LogP contribution in [0.1, 0.15) is 17.3 Å². The van der Waals surface area contributed by atoms with Crippen molar-refractivity contribution in [2.75, 3.05) is 6.61 Å². The maximum atomic E-state index is 12.3. The van der Waals surface area contributed by atoms with Gasteiger partial charge in [-0.05, 0) is 55.5 Å². The van der Waals surface area contributed by atoms with E-state index in [1.54, 1.807) is 24.3 Å². The van der Waals surface area contributed by atoms with E-state index < -0.39 is 11.8 Å². The van der Waals surface area contributed by atoms with Crippen LogP contribution >= 0.6 is 12.2 Å². The predicted octanol–water partition coefficient (Wildman–Crippen LogP) is 2.17. The number of nitrogens with one attached hydrogen (secondary N) is 3. The number of aromatic nitrogens is 3. The summed E-state index contributed by atoms with van der Waals surface area (Å²) in [6, 6.07) is 13.2. The Morgan fingerprint density at radius 1 is 1.17 bits per heavy atom. The molecule has 1 aromatic heterocycles. The van der Waals surface area contributed by atoms with Crippen molar-refractivity contribution in [1.82, 2.24) is 25.6 Å². The fourth-order valence-electron chi connectivity index (χ4n) is 2.59. The number of hydrogen-bond acceptors (Lipinski definition) is 6. The molecule has 0 atom stereocenters. The fraction of sp³-hybridized carbons (Fsp3) is 0.158. The zero-order valence-electron chi connectivity index (χ0n) is 15.5. The van der Waals surface area contributed by atoms with Crippen molar-refractivity contribution in [2.24, 2.45) is 0 Å². The molecule has 9 nitrogen and oxygen atoms in total. The molecule has 2 aromatic carbocycles. The quantitative estimate of drug-likeness (QED) is 0.363. The van der Waals surface area contributed by atoms with E-state index in [9.17, 15) is 14.7 Å². The van der Waals surface area contributed by atoms with E-state index in [1.165, 1.54) is 16.7 Å². The number of hydrogen-bond donors (Lipinski definition) is 4. The Bertz CT molecular complexity index is 1070. The lowest BCUT2D eigenvalue weighted by Gasteiger charge is -2.10. The van der Waals surface area contributed by atoms with Crippen molar-refractivity contribution in [3.05, 3.63) is 58.9 Å². The summed E-state index contributed by atoms with van der Waals surface area (Å²) in [5.41, 5.74) is 5.35. The van der Waals surface area contributed by atoms with E-state index in [0.717, 1.165) is 11.3 Å². The SMILES string of the molecule is CCOc1ccc(-c2n[nH]c(=S)n2CC(=O)NNC(=O)c2ccccc2O)cc1. The van der Waals surface area contributed by atoms with Crippen LogP contribution in [0.25, 0.3) is 11.4 Å². The van der Waals surface area contributed by atoms with E-state index in [0.29, 0.717) is 12.4 Å². The number of H-pyrrole nitrogens is 1. The first-order valence-electron chi connectivity index (χ1n) is 8.75. The number of ether oxygens (including phenoxy) is 1. The van der Waals surface area contributed by atoms with Crippen LogP contribution in [0.15, 0.2) is 48.5 Å². The zero-order chi connectivity index (χ0) is 20.8. The molecule has 0 aliphatic heterocycles. The van der Waals surface area contributed by atoms with E-state index >= 15 is 0 Å². The number of aromatic amines is 1. The molecule has 150 valence electrons. The van der Waals surface area contributed by atoms with Gasteiger partial charge in [0.15, 0.2) is 10.6 Å². The van der Waals surface area contributed by atoms with Crippen LogP contribution in [0.3, 0.4) is 0 Å². The van der Waals surface area contributed by atoms with E-state index in [2.05, 4.69) is 21.0 Å². The minimum atomic E-state index is -0.640. The Labute approximate surface area is 171 Å². The number of carbonyl (C=O) groups excluding carboxylic acids is 2. The maximum absolute atomic E-state index is 12.3. The first-order chi connectivity index (χ1) is 14.0. The lowest BCUT2D eigenvalue weighted by molar-refractivity contribution is -0.122. The van der Waals surface area contributed by atoms with Gasteiger partial charge in [-0.25, -0.2) is 0 Å². The van der Waals surface area contributed by atoms with Crippen LogP contribution in [-0.4, -0.2) is 38.3 Å². The summed E-state index contributed by atoms with van der Waals surface area (Å²) in [4.78, 5) is 24.4. The molecule has 2 amide bonds. The van der Waals surface area contributed by atoms with Gasteiger partial charge in [0, 0.05) is 5.56 Å². The highest BCUT2D eigenvalue weighted by molar-refractivity contribution is 7.71. The minimum absolute atomic E-state index is 0.0443. The van der Waals surface area contributed by atoms with E-state index in [1.807, 2.05) is 19.1 Å². The summed E-state index contributed by atoms with van der Waals surface area (Å²) in [5.74, 6) is -0.145. The van der Waals surface area contributed by atoms with Crippen molar-refractivity contribution in [1.29, 1.82) is 0 Å². The molecule has 29 heavy (non-hydrogen) atoms. The van der Waals surface area contributed by atoms with Crippen LogP contribution in [0.4, 0.5) is 0 Å². The Hall–Kier alpha value is -3.66. The van der Waals surface area contributed by atoms with Crippen molar-refractivity contribution in [3.8, 4) is 22.9 Å². The summed E-state index contributed by atoms with van der Waals surface area (Å²) < 4.78 is 7.18. The third-order valence-electron chi connectivity index (χ3n) is 3.95. The molecule has 0 saturated heterocycles. The molecule has 0 bridgehead atoms. The normalized spacial score (nSPS) is 10.4. The third kappa shape index (κ3) is 4.79. The lowest BCUT2D eigenvalue weighted by atomic mass is 10.2. The Morgan fingerprint density at radius 2 is 1.90 bits per heavy atom. The molecule has 3 aromatic rings. The highest BCUT2D eigenvalue weighted by Crippen LogP contribution is 2.21. The van der Waals surface area contributed by atoms with Crippen LogP contribution in [0.2, 0.25) is 0 Å². The summed E-state index contributed by atoms with van der Waals surface area (Å²) >= 11 is 5.21. The number of amides is 2. The number of benzene rings is 2. The van der Waals surface area contributed by atoms with Gasteiger partial charge in [0.1, 0.15) is 18.0 Å². The molecular weight excluding hydrogens is 394 g/mol. The van der Waals surface area contributed by atoms with E-state index in [4.69, 9.17) is 17.0 Å². The number of hydrazine groups is 1. The largest absolute Gasteiger partial charge is 0.507 e. The average molecular weight is 413 g/mol. The summed E-state index contributed by atoms with van der Waals surface area (Å²) in [6.45, 7) is 2.29. The van der Waals surface area contributed by atoms with Crippen molar-refractivity contribution < 1.29 is 19.4 Å². The van der Waals surface area contributed by atoms with Crippen molar-refractivity contribution in [2.45, 2.75) is 13.5 Å². The maximum Gasteiger partial charge on any atom is 0.273 e. The second-order valence-corrected chi connectivity index (χ2v) is 6.30. The van der Waals surface area contributed by atoms with Crippen molar-refractivity contribution in [3.63, 3.8) is 0 Å². The van der Waals surface area contributed by atoms with E-state index in [-0.39, 0.29) is 22.6 Å². The highest BCUT2D eigenvalue weighted by atomic mass is 32.1. The number of para-hydroxylation sites is 1. The Balaban J connectivity index is 1.68. The average Bonchev–Trinajstić information content (AvgIpc) is 3.07. The molecular formula is C19H19N5O4S. The second kappa shape index (κ2) is 9.02. The molecule has 0 saturated carbocycles. The molecule has 0 radical (unpaired) electrons. The number of nitrogens with zero attached hydrogens (tertiary/aromatic N) is 2. The lowest BCUT2D eigenvalue weighted by Crippen LogP contribution is -2.43. The predicted molar refractivity (Wildman–Crippen MR) is 108 cm³/mol. The second-order valence-electron chi connectivity index (χ2n) is 5.92. The molecule has 0 aliphatic rings. The zero-order valence-corrected chi connectivity index (χ0v) is 16.3. The van der Waals surface area contributed by atoms with Crippen LogP contribution in [-0.2, 0) is 11.3 Å². The first-order valence-corrected chi connectivity index (χ1v) is 9.16. The Morgan fingerprint density at radius 3 is 2.59 bits per heavy atom. The monoisotopic (exact) mass is 413 g/mol. The number of phenolic OH excluding ortho intramolecular Hbond substituents is 1. The number of carbonyl (C=O) groups is 2. The van der Waals surface area contributed by atoms with Crippen molar-refractivity contribution >= 4 is 24.0 Å². The first kappa shape index (κ1) is 20.1. The molecule has 4 N–H and O–H groups in total. The number of phenols is 1. The standard InChI is InChI=1S/C19H19N5O4S/c1-2-28-13-9-7-12(8-10-13)17-21-23-19(29)24(17)11-16(26)20-22-18(27)14-5-3-4-6-15(14)25/h3-10,25H,2,11H2,1H3,(H,20,26)(H,22,27)(H,23,29). The van der Waals surface area contributed by atoms with Gasteiger partial charge in [0.05, 0.1) is 12.2 Å². The van der Waals surface area contributed by atoms with Gasteiger partial charge in [0.2, 0.25) is 0 Å². The highest BCUT2D eigenvalue weighted by Gasteiger charge is 2.15. The van der Waals surface area contributed by atoms with Gasteiger partial charge < -0.3 is 9.84 Å². The van der Waals surface area contributed by atoms with Crippen LogP contribution < -0.4 is 15.6 Å². The summed E-state index contributed by atoms with van der Waals surface area (Å²) in [5, 5.41) is 16.5. The van der Waals surface area contributed by atoms with Gasteiger partial charge in [0.25, 0.3) is 11.8 Å². The fourth-order valence-corrected chi connectivity index (χ4v) is 2.79. The molecule has 0 unspecified atom stereocenters. The number of rotatable bonds is 6. The number of aromatic hydroxyl groups is 1. The molecule has 0 spiro atoms. The topological polar surface area (TPSA) is 121 Å². The molecule has 10 heteroatoms. The smallest absolute Gasteiger partial charge is 0.273 e. The van der Waals surface area contributed by atoms with Gasteiger partial charge in [-0.3, -0.25) is 30.1 Å². The van der Waals surface area contributed by atoms with Gasteiger partial charge in [-0.1, -0.05) is 12.1 Å². The van der Waals surface area contributed by atoms with Gasteiger partial charge >= 0.3 is 0 Å². The van der Waals surface area contributed by atoms with Gasteiger partial charge in [-0.15, -0.1) is 0 Å². The summed E-state index contributed by atoms with van der Waals surface area (Å²) in [6.07, 6.45) is 0.